The monoisotopic (exact) mass is 212 g/mol. The fourth-order valence-electron chi connectivity index (χ4n) is 1.73. The minimum absolute atomic E-state index is 0.848. The van der Waals surface area contributed by atoms with Gasteiger partial charge >= 0.3 is 0 Å². The molecule has 1 fully saturated rings. The number of hydrogen-bond acceptors (Lipinski definition) is 2. The maximum Gasteiger partial charge on any atom is 0.113 e. The van der Waals surface area contributed by atoms with Gasteiger partial charge in [0.05, 0.1) is 0 Å². The summed E-state index contributed by atoms with van der Waals surface area (Å²) in [6, 6.07) is 5.91. The Morgan fingerprint density at radius 2 is 2.38 bits per heavy atom. The number of rotatable bonds is 0. The van der Waals surface area contributed by atoms with Crippen LogP contribution in [0.5, 0.6) is 0 Å². The van der Waals surface area contributed by atoms with E-state index in [1.165, 1.54) is 18.4 Å². The van der Waals surface area contributed by atoms with E-state index in [0.29, 0.717) is 0 Å². The van der Waals surface area contributed by atoms with Crippen molar-refractivity contribution in [2.24, 2.45) is 0 Å². The molecule has 0 bridgehead atoms. The molecular weight excluding hydrogens is 196 g/mol. The Morgan fingerprint density at radius 3 is 3.12 bits per heavy atom. The lowest BCUT2D eigenvalue weighted by molar-refractivity contribution is 0.610. The minimum atomic E-state index is 0.848. The summed E-state index contributed by atoms with van der Waals surface area (Å²) in [5.41, 5.74) is 3.26. The quantitative estimate of drug-likeness (QED) is 0.666. The summed E-state index contributed by atoms with van der Waals surface area (Å²) in [5, 5.41) is 3.34. The van der Waals surface area contributed by atoms with E-state index in [-0.39, 0.29) is 0 Å². The van der Waals surface area contributed by atoms with Crippen LogP contribution in [0.15, 0.2) is 29.8 Å². The van der Waals surface area contributed by atoms with Gasteiger partial charge in [0.15, 0.2) is 0 Å². The van der Waals surface area contributed by atoms with Gasteiger partial charge in [0.25, 0.3) is 0 Å². The Labute approximate surface area is 96.8 Å². The molecule has 1 N–H and O–H groups in total. The smallest absolute Gasteiger partial charge is 0.113 e. The highest BCUT2D eigenvalue weighted by atomic mass is 14.9. The highest BCUT2D eigenvalue weighted by Crippen LogP contribution is 2.07. The first-order chi connectivity index (χ1) is 7.84. The zero-order chi connectivity index (χ0) is 11.2. The second-order valence-electron chi connectivity index (χ2n) is 4.02. The van der Waals surface area contributed by atoms with Crippen LogP contribution in [-0.2, 0) is 0 Å². The molecule has 0 aromatic carbocycles. The van der Waals surface area contributed by atoms with Crippen LogP contribution in [0.1, 0.15) is 24.2 Å². The second kappa shape index (κ2) is 5.48. The van der Waals surface area contributed by atoms with Crippen molar-refractivity contribution in [3.8, 4) is 11.8 Å². The van der Waals surface area contributed by atoms with Gasteiger partial charge in [-0.25, -0.2) is 4.98 Å². The number of allylic oxidation sites excluding steroid dienone is 1. The van der Waals surface area contributed by atoms with Crippen LogP contribution in [0.25, 0.3) is 0 Å². The topological polar surface area (TPSA) is 24.9 Å². The van der Waals surface area contributed by atoms with E-state index >= 15 is 0 Å². The number of hydrogen-bond donors (Lipinski definition) is 1. The van der Waals surface area contributed by atoms with E-state index in [2.05, 4.69) is 22.1 Å². The number of piperidine rings is 1. The van der Waals surface area contributed by atoms with Crippen LogP contribution in [0.2, 0.25) is 0 Å². The SMILES string of the molecule is Cc1cccc(C#CC=C2CCCNC2)n1. The van der Waals surface area contributed by atoms with Crippen molar-refractivity contribution in [3.05, 3.63) is 41.2 Å². The molecule has 1 aliphatic heterocycles. The third-order valence-corrected chi connectivity index (χ3v) is 2.57. The predicted molar refractivity (Wildman–Crippen MR) is 66.0 cm³/mol. The summed E-state index contributed by atoms with van der Waals surface area (Å²) in [6.45, 7) is 4.09. The van der Waals surface area contributed by atoms with E-state index < -0.39 is 0 Å². The van der Waals surface area contributed by atoms with E-state index in [4.69, 9.17) is 0 Å². The fourth-order valence-corrected chi connectivity index (χ4v) is 1.73. The summed E-state index contributed by atoms with van der Waals surface area (Å²) in [4.78, 5) is 4.34. The molecule has 1 aromatic rings. The molecule has 82 valence electrons. The Morgan fingerprint density at radius 1 is 1.44 bits per heavy atom. The molecule has 0 amide bonds. The number of aryl methyl sites for hydroxylation is 1. The van der Waals surface area contributed by atoms with Crippen molar-refractivity contribution in [1.29, 1.82) is 0 Å². The number of nitrogens with zero attached hydrogens (tertiary/aromatic N) is 1. The molecule has 0 atom stereocenters. The van der Waals surface area contributed by atoms with Crippen molar-refractivity contribution < 1.29 is 0 Å². The van der Waals surface area contributed by atoms with Gasteiger partial charge in [0, 0.05) is 12.2 Å². The first-order valence-electron chi connectivity index (χ1n) is 5.68. The highest BCUT2D eigenvalue weighted by molar-refractivity contribution is 5.34. The van der Waals surface area contributed by atoms with Gasteiger partial charge in [-0.15, -0.1) is 0 Å². The molecular formula is C14H16N2. The van der Waals surface area contributed by atoms with Crippen molar-refractivity contribution in [3.63, 3.8) is 0 Å². The van der Waals surface area contributed by atoms with Crippen LogP contribution in [0.3, 0.4) is 0 Å². The Hall–Kier alpha value is -1.59. The van der Waals surface area contributed by atoms with Gasteiger partial charge in [0.1, 0.15) is 5.69 Å². The minimum Gasteiger partial charge on any atom is -0.313 e. The lowest BCUT2D eigenvalue weighted by Gasteiger charge is -2.13. The molecule has 1 aromatic heterocycles. The first-order valence-corrected chi connectivity index (χ1v) is 5.68. The van der Waals surface area contributed by atoms with Crippen LogP contribution < -0.4 is 5.32 Å². The molecule has 16 heavy (non-hydrogen) atoms. The average Bonchev–Trinajstić information content (AvgIpc) is 2.30. The van der Waals surface area contributed by atoms with Gasteiger partial charge in [-0.2, -0.15) is 0 Å². The van der Waals surface area contributed by atoms with Crippen LogP contribution in [0, 0.1) is 18.8 Å². The van der Waals surface area contributed by atoms with Crippen LogP contribution >= 0.6 is 0 Å². The molecule has 2 rings (SSSR count). The number of aromatic nitrogens is 1. The van der Waals surface area contributed by atoms with Crippen LogP contribution in [-0.4, -0.2) is 18.1 Å². The molecule has 0 radical (unpaired) electrons. The van der Waals surface area contributed by atoms with Gasteiger partial charge in [-0.1, -0.05) is 12.0 Å². The molecule has 2 heteroatoms. The summed E-state index contributed by atoms with van der Waals surface area (Å²) in [6.07, 6.45) is 4.41. The molecule has 0 aliphatic carbocycles. The van der Waals surface area contributed by atoms with Crippen molar-refractivity contribution in [2.75, 3.05) is 13.1 Å². The largest absolute Gasteiger partial charge is 0.313 e. The molecule has 2 nitrogen and oxygen atoms in total. The fraction of sp³-hybridized carbons (Fsp3) is 0.357. The van der Waals surface area contributed by atoms with Gasteiger partial charge in [-0.05, 0) is 56.0 Å². The van der Waals surface area contributed by atoms with Gasteiger partial charge in [-0.3, -0.25) is 0 Å². The summed E-state index contributed by atoms with van der Waals surface area (Å²) >= 11 is 0. The van der Waals surface area contributed by atoms with Gasteiger partial charge in [0.2, 0.25) is 0 Å². The maximum absolute atomic E-state index is 4.34. The van der Waals surface area contributed by atoms with E-state index in [1.54, 1.807) is 0 Å². The number of nitrogens with one attached hydrogen (secondary N) is 1. The standard InChI is InChI=1S/C14H16N2/c1-12-5-2-8-14(16-12)9-3-6-13-7-4-10-15-11-13/h2,5-6,8,15H,4,7,10-11H2,1H3. The third kappa shape index (κ3) is 3.22. The molecule has 1 aliphatic rings. The molecule has 0 saturated carbocycles. The summed E-state index contributed by atoms with van der Waals surface area (Å²) in [7, 11) is 0. The average molecular weight is 212 g/mol. The zero-order valence-electron chi connectivity index (χ0n) is 9.59. The predicted octanol–water partition coefficient (Wildman–Crippen LogP) is 2.05. The maximum atomic E-state index is 4.34. The molecule has 0 spiro atoms. The number of pyridine rings is 1. The molecule has 0 unspecified atom stereocenters. The second-order valence-corrected chi connectivity index (χ2v) is 4.02. The lowest BCUT2D eigenvalue weighted by Crippen LogP contribution is -2.23. The summed E-state index contributed by atoms with van der Waals surface area (Å²) in [5.74, 6) is 6.15. The van der Waals surface area contributed by atoms with Crippen LogP contribution in [0.4, 0.5) is 0 Å². The Balaban J connectivity index is 2.04. The Bertz CT molecular complexity index is 441. The molecule has 1 saturated heterocycles. The molecule has 2 heterocycles. The van der Waals surface area contributed by atoms with Crippen molar-refractivity contribution >= 4 is 0 Å². The highest BCUT2D eigenvalue weighted by Gasteiger charge is 2.02. The lowest BCUT2D eigenvalue weighted by atomic mass is 10.1. The summed E-state index contributed by atoms with van der Waals surface area (Å²) < 4.78 is 0. The third-order valence-electron chi connectivity index (χ3n) is 2.57. The van der Waals surface area contributed by atoms with Crippen molar-refractivity contribution in [2.45, 2.75) is 19.8 Å². The van der Waals surface area contributed by atoms with E-state index in [1.807, 2.05) is 31.2 Å². The zero-order valence-corrected chi connectivity index (χ0v) is 9.59. The Kier molecular flexibility index (Phi) is 3.74. The van der Waals surface area contributed by atoms with E-state index in [0.717, 1.165) is 24.5 Å². The van der Waals surface area contributed by atoms with Gasteiger partial charge < -0.3 is 5.32 Å². The normalized spacial score (nSPS) is 17.9. The van der Waals surface area contributed by atoms with Crippen molar-refractivity contribution in [1.82, 2.24) is 10.3 Å². The van der Waals surface area contributed by atoms with E-state index in [9.17, 15) is 0 Å². The first kappa shape index (κ1) is 10.9.